The summed E-state index contributed by atoms with van der Waals surface area (Å²) in [7, 11) is 0. The fourth-order valence-corrected chi connectivity index (χ4v) is 1.22. The monoisotopic (exact) mass is 274 g/mol. The molecule has 0 spiro atoms. The van der Waals surface area contributed by atoms with Crippen molar-refractivity contribution in [2.75, 3.05) is 11.9 Å². The molecular weight excluding hydrogens is 262 g/mol. The maximum Gasteiger partial charge on any atom is 0.332 e. The van der Waals surface area contributed by atoms with E-state index in [4.69, 9.17) is 10.2 Å². The van der Waals surface area contributed by atoms with Crippen molar-refractivity contribution in [2.45, 2.75) is 12.5 Å². The van der Waals surface area contributed by atoms with Crippen LogP contribution in [0.3, 0.4) is 0 Å². The molecule has 0 aromatic heterocycles. The van der Waals surface area contributed by atoms with Gasteiger partial charge in [-0.3, -0.25) is 0 Å². The Morgan fingerprint density at radius 1 is 1.26 bits per heavy atom. The van der Waals surface area contributed by atoms with E-state index in [2.05, 4.69) is 5.32 Å². The third kappa shape index (κ3) is 4.51. The van der Waals surface area contributed by atoms with Crippen molar-refractivity contribution in [1.82, 2.24) is 5.32 Å². The van der Waals surface area contributed by atoms with Crippen LogP contribution in [0.2, 0.25) is 0 Å². The van der Waals surface area contributed by atoms with Crippen LogP contribution in [-0.4, -0.2) is 34.9 Å². The van der Waals surface area contributed by atoms with Crippen LogP contribution >= 0.6 is 0 Å². The molecule has 0 saturated carbocycles. The van der Waals surface area contributed by atoms with Gasteiger partial charge < -0.3 is 20.8 Å². The number of carboxylic acid groups (broad SMARTS) is 1. The van der Waals surface area contributed by atoms with Gasteiger partial charge in [0.15, 0.2) is 6.10 Å². The van der Waals surface area contributed by atoms with E-state index in [1.807, 2.05) is 5.32 Å². The maximum absolute atomic E-state index is 13.2. The summed E-state index contributed by atoms with van der Waals surface area (Å²) < 4.78 is 26.3. The number of rotatable bonds is 5. The molecule has 6 nitrogen and oxygen atoms in total. The van der Waals surface area contributed by atoms with Crippen LogP contribution in [0.5, 0.6) is 0 Å². The Morgan fingerprint density at radius 3 is 2.37 bits per heavy atom. The predicted molar refractivity (Wildman–Crippen MR) is 61.6 cm³/mol. The highest BCUT2D eigenvalue weighted by Gasteiger charge is 2.14. The average Bonchev–Trinajstić information content (AvgIpc) is 2.33. The largest absolute Gasteiger partial charge is 0.479 e. The molecule has 8 heteroatoms. The minimum atomic E-state index is -1.61. The molecule has 1 atom stereocenters. The summed E-state index contributed by atoms with van der Waals surface area (Å²) in [5.74, 6) is -3.27. The summed E-state index contributed by atoms with van der Waals surface area (Å²) in [5.41, 5.74) is -0.598. The lowest BCUT2D eigenvalue weighted by molar-refractivity contribution is -0.146. The molecule has 0 fully saturated rings. The summed E-state index contributed by atoms with van der Waals surface area (Å²) in [6.07, 6.45) is -1.83. The van der Waals surface area contributed by atoms with Gasteiger partial charge in [-0.2, -0.15) is 0 Å². The molecule has 0 bridgehead atoms. The Labute approximate surface area is 107 Å². The van der Waals surface area contributed by atoms with Gasteiger partial charge in [-0.15, -0.1) is 0 Å². The Kier molecular flexibility index (Phi) is 5.19. The summed E-state index contributed by atoms with van der Waals surface area (Å²) in [4.78, 5) is 21.6. The summed E-state index contributed by atoms with van der Waals surface area (Å²) >= 11 is 0. The van der Waals surface area contributed by atoms with Gasteiger partial charge in [-0.25, -0.2) is 18.4 Å². The van der Waals surface area contributed by atoms with Gasteiger partial charge in [0.1, 0.15) is 17.3 Å². The van der Waals surface area contributed by atoms with E-state index in [1.54, 1.807) is 0 Å². The van der Waals surface area contributed by atoms with Gasteiger partial charge >= 0.3 is 12.0 Å². The van der Waals surface area contributed by atoms with Crippen molar-refractivity contribution in [2.24, 2.45) is 0 Å². The van der Waals surface area contributed by atoms with Crippen LogP contribution < -0.4 is 10.6 Å². The summed E-state index contributed by atoms with van der Waals surface area (Å²) in [6, 6.07) is 2.21. The standard InChI is InChI=1S/C11H12F2N2O4/c12-6-2-1-3-7(13)9(6)15-11(19)14-5-4-8(16)10(17)18/h1-3,8,16H,4-5H2,(H,17,18)(H2,14,15,19). The number of para-hydroxylation sites is 1. The van der Waals surface area contributed by atoms with Crippen molar-refractivity contribution in [3.63, 3.8) is 0 Å². The maximum atomic E-state index is 13.2. The second-order valence-corrected chi connectivity index (χ2v) is 3.62. The molecule has 1 unspecified atom stereocenters. The molecule has 0 radical (unpaired) electrons. The molecule has 2 amide bonds. The zero-order chi connectivity index (χ0) is 14.4. The highest BCUT2D eigenvalue weighted by Crippen LogP contribution is 2.17. The first kappa shape index (κ1) is 14.8. The zero-order valence-corrected chi connectivity index (χ0v) is 9.69. The number of hydrogen-bond acceptors (Lipinski definition) is 3. The SMILES string of the molecule is O=C(NCCC(O)C(=O)O)Nc1c(F)cccc1F. The van der Waals surface area contributed by atoms with Gasteiger partial charge in [0, 0.05) is 13.0 Å². The van der Waals surface area contributed by atoms with Crippen LogP contribution in [0.4, 0.5) is 19.3 Å². The van der Waals surface area contributed by atoms with E-state index in [0.717, 1.165) is 18.2 Å². The highest BCUT2D eigenvalue weighted by molar-refractivity contribution is 5.89. The van der Waals surface area contributed by atoms with Crippen LogP contribution in [0.1, 0.15) is 6.42 Å². The lowest BCUT2D eigenvalue weighted by Gasteiger charge is -2.10. The molecule has 1 aromatic rings. The predicted octanol–water partition coefficient (Wildman–Crippen LogP) is 0.922. The first-order chi connectivity index (χ1) is 8.91. The first-order valence-electron chi connectivity index (χ1n) is 5.31. The van der Waals surface area contributed by atoms with Crippen molar-refractivity contribution >= 4 is 17.7 Å². The number of benzene rings is 1. The second kappa shape index (κ2) is 6.64. The zero-order valence-electron chi connectivity index (χ0n) is 9.69. The van der Waals surface area contributed by atoms with Crippen molar-refractivity contribution in [3.8, 4) is 0 Å². The second-order valence-electron chi connectivity index (χ2n) is 3.62. The van der Waals surface area contributed by atoms with Crippen LogP contribution in [0, 0.1) is 11.6 Å². The number of urea groups is 1. The number of carbonyl (C=O) groups is 2. The minimum absolute atomic E-state index is 0.157. The Bertz CT molecular complexity index is 462. The fraction of sp³-hybridized carbons (Fsp3) is 0.273. The van der Waals surface area contributed by atoms with Gasteiger partial charge in [0.25, 0.3) is 0 Å². The molecule has 104 valence electrons. The third-order valence-corrected chi connectivity index (χ3v) is 2.19. The molecule has 1 aromatic carbocycles. The van der Waals surface area contributed by atoms with E-state index in [9.17, 15) is 18.4 Å². The molecule has 0 aliphatic carbocycles. The average molecular weight is 274 g/mol. The minimum Gasteiger partial charge on any atom is -0.479 e. The lowest BCUT2D eigenvalue weighted by Crippen LogP contribution is -2.33. The number of carbonyl (C=O) groups excluding carboxylic acids is 1. The van der Waals surface area contributed by atoms with E-state index < -0.39 is 35.4 Å². The molecule has 4 N–H and O–H groups in total. The van der Waals surface area contributed by atoms with Crippen molar-refractivity contribution in [1.29, 1.82) is 0 Å². The number of aliphatic hydroxyl groups excluding tert-OH is 1. The number of aliphatic carboxylic acids is 1. The van der Waals surface area contributed by atoms with Gasteiger partial charge in [0.2, 0.25) is 0 Å². The van der Waals surface area contributed by atoms with Gasteiger partial charge in [-0.05, 0) is 12.1 Å². The number of aliphatic hydroxyl groups is 1. The van der Waals surface area contributed by atoms with E-state index >= 15 is 0 Å². The quantitative estimate of drug-likeness (QED) is 0.641. The topological polar surface area (TPSA) is 98.7 Å². The van der Waals surface area contributed by atoms with E-state index in [-0.39, 0.29) is 13.0 Å². The Balaban J connectivity index is 2.46. The molecule has 19 heavy (non-hydrogen) atoms. The summed E-state index contributed by atoms with van der Waals surface area (Å²) in [5, 5.41) is 21.4. The smallest absolute Gasteiger partial charge is 0.332 e. The number of carboxylic acids is 1. The van der Waals surface area contributed by atoms with Crippen LogP contribution in [0.15, 0.2) is 18.2 Å². The van der Waals surface area contributed by atoms with Crippen LogP contribution in [-0.2, 0) is 4.79 Å². The highest BCUT2D eigenvalue weighted by atomic mass is 19.1. The number of anilines is 1. The van der Waals surface area contributed by atoms with Crippen LogP contribution in [0.25, 0.3) is 0 Å². The van der Waals surface area contributed by atoms with Crippen molar-refractivity contribution in [3.05, 3.63) is 29.8 Å². The third-order valence-electron chi connectivity index (χ3n) is 2.19. The van der Waals surface area contributed by atoms with Gasteiger partial charge in [-0.1, -0.05) is 6.07 Å². The van der Waals surface area contributed by atoms with Crippen molar-refractivity contribution < 1.29 is 28.6 Å². The fourth-order valence-electron chi connectivity index (χ4n) is 1.22. The summed E-state index contributed by atoms with van der Waals surface area (Å²) in [6.45, 7) is -0.157. The number of halogens is 2. The molecule has 1 rings (SSSR count). The molecule has 0 aliphatic rings. The van der Waals surface area contributed by atoms with Gasteiger partial charge in [0.05, 0.1) is 0 Å². The first-order valence-corrected chi connectivity index (χ1v) is 5.31. The lowest BCUT2D eigenvalue weighted by atomic mass is 10.2. The number of hydrogen-bond donors (Lipinski definition) is 4. The number of amides is 2. The van der Waals surface area contributed by atoms with E-state index in [0.29, 0.717) is 0 Å². The molecular formula is C11H12F2N2O4. The normalized spacial score (nSPS) is 11.7. The van der Waals surface area contributed by atoms with E-state index in [1.165, 1.54) is 0 Å². The number of nitrogens with one attached hydrogen (secondary N) is 2. The Hall–Kier alpha value is -2.22. The Morgan fingerprint density at radius 2 is 1.84 bits per heavy atom. The molecule has 0 aliphatic heterocycles. The molecule has 0 heterocycles. The molecule has 0 saturated heterocycles.